The average molecular weight is 871 g/mol. The summed E-state index contributed by atoms with van der Waals surface area (Å²) >= 11 is 2.01. The fourth-order valence-electron chi connectivity index (χ4n) is 13.8. The molecule has 0 saturated heterocycles. The summed E-state index contributed by atoms with van der Waals surface area (Å²) in [5.74, 6) is 0. The summed E-state index contributed by atoms with van der Waals surface area (Å²) in [4.78, 5) is 5.78. The zero-order chi connectivity index (χ0) is 44.8. The Hall–Kier alpha value is -4.80. The van der Waals surface area contributed by atoms with Crippen LogP contribution in [-0.2, 0) is 29.1 Å². The summed E-state index contributed by atoms with van der Waals surface area (Å²) in [6.07, 6.45) is 14.5. The lowest BCUT2D eigenvalue weighted by atomic mass is 9.43. The summed E-state index contributed by atoms with van der Waals surface area (Å²) in [7, 11) is 0. The normalized spacial score (nSPS) is 21.9. The molecule has 2 unspecified atom stereocenters. The first-order chi connectivity index (χ1) is 31.3. The molecule has 1 fully saturated rings. The molecule has 5 aliphatic rings. The number of thiophene rings is 1. The Kier molecular flexibility index (Phi) is 9.35. The van der Waals surface area contributed by atoms with Crippen LogP contribution in [0, 0.1) is 6.92 Å². The van der Waals surface area contributed by atoms with E-state index in [1.165, 1.54) is 157 Å². The van der Waals surface area contributed by atoms with Crippen LogP contribution in [0.5, 0.6) is 0 Å². The topological polar surface area (TPSA) is 6.48 Å². The second-order valence-corrected chi connectivity index (χ2v) is 23.9. The molecule has 2 aliphatic carbocycles. The molecule has 1 aromatic heterocycles. The molecule has 65 heavy (non-hydrogen) atoms. The third-order valence-corrected chi connectivity index (χ3v) is 18.9. The van der Waals surface area contributed by atoms with Gasteiger partial charge in [0.2, 0.25) is 0 Å². The third-order valence-electron chi connectivity index (χ3n) is 17.8. The number of nitrogens with zero attached hydrogens (tertiary/aromatic N) is 2. The Morgan fingerprint density at radius 1 is 0.585 bits per heavy atom. The molecule has 0 bridgehead atoms. The van der Waals surface area contributed by atoms with Gasteiger partial charge in [-0.05, 0) is 174 Å². The molecule has 12 rings (SSSR count). The van der Waals surface area contributed by atoms with Gasteiger partial charge in [0.25, 0.3) is 0 Å². The Balaban J connectivity index is 1.21. The molecule has 2 atom stereocenters. The van der Waals surface area contributed by atoms with Crippen molar-refractivity contribution >= 4 is 72.0 Å². The number of fused-ring (bicyclic) bond motifs is 11. The molecule has 6 aromatic carbocycles. The van der Waals surface area contributed by atoms with E-state index in [-0.39, 0.29) is 28.6 Å². The van der Waals surface area contributed by atoms with Crippen LogP contribution in [0.2, 0.25) is 0 Å². The lowest BCUT2D eigenvalue weighted by molar-refractivity contribution is 0.195. The summed E-state index contributed by atoms with van der Waals surface area (Å²) in [6, 6.07) is 39.9. The number of anilines is 4. The van der Waals surface area contributed by atoms with E-state index in [4.69, 9.17) is 0 Å². The minimum Gasteiger partial charge on any atom is -0.376 e. The standard InChI is InChI=1S/C61H67BN2S/c1-10-12-19-39-23-24-51(42(31-39)41-21-15-14-16-22-41)64-52-35-45-44-34-47-48(59(6,7)28-27-58(47,4)5)37-55(44)65-54(45)36-43(52)46-29-38(3)30-53-56(46)62(64)50-33-40(20-13-11-2)32-49-57(50)63(53)61(9)26-18-17-25-60(49,61)8/h14-16,21-24,29-37H,10-13,17-20,25-28H2,1-9H3. The van der Waals surface area contributed by atoms with Gasteiger partial charge in [-0.1, -0.05) is 129 Å². The molecule has 0 radical (unpaired) electrons. The summed E-state index contributed by atoms with van der Waals surface area (Å²) < 4.78 is 2.83. The minimum atomic E-state index is -0.00439. The summed E-state index contributed by atoms with van der Waals surface area (Å²) in [5, 5.41) is 2.83. The molecule has 7 aromatic rings. The van der Waals surface area contributed by atoms with E-state index in [0.717, 1.165) is 12.8 Å². The van der Waals surface area contributed by atoms with Crippen molar-refractivity contribution < 1.29 is 0 Å². The molecular formula is C61H67BN2S. The van der Waals surface area contributed by atoms with E-state index in [1.54, 1.807) is 16.7 Å². The van der Waals surface area contributed by atoms with Gasteiger partial charge >= 0.3 is 6.85 Å². The zero-order valence-electron chi connectivity index (χ0n) is 40.6. The van der Waals surface area contributed by atoms with Gasteiger partial charge < -0.3 is 9.71 Å². The summed E-state index contributed by atoms with van der Waals surface area (Å²) in [6.45, 7) is 22.2. The van der Waals surface area contributed by atoms with Crippen molar-refractivity contribution in [2.45, 2.75) is 161 Å². The molecule has 4 heteroatoms. The average Bonchev–Trinajstić information content (AvgIpc) is 3.75. The number of rotatable bonds is 8. The lowest BCUT2D eigenvalue weighted by Gasteiger charge is -2.53. The molecule has 2 nitrogen and oxygen atoms in total. The maximum Gasteiger partial charge on any atom is 0.333 e. The molecule has 3 aliphatic heterocycles. The van der Waals surface area contributed by atoms with Crippen LogP contribution in [0.25, 0.3) is 42.4 Å². The van der Waals surface area contributed by atoms with Gasteiger partial charge in [-0.15, -0.1) is 11.3 Å². The first-order valence-corrected chi connectivity index (χ1v) is 26.2. The van der Waals surface area contributed by atoms with Crippen LogP contribution in [0.1, 0.15) is 153 Å². The van der Waals surface area contributed by atoms with Crippen molar-refractivity contribution in [3.05, 3.63) is 130 Å². The van der Waals surface area contributed by atoms with Gasteiger partial charge in [-0.3, -0.25) is 0 Å². The van der Waals surface area contributed by atoms with Crippen molar-refractivity contribution in [2.75, 3.05) is 9.71 Å². The lowest BCUT2D eigenvalue weighted by Crippen LogP contribution is -2.64. The van der Waals surface area contributed by atoms with Crippen molar-refractivity contribution in [3.8, 4) is 22.3 Å². The predicted octanol–water partition coefficient (Wildman–Crippen LogP) is 16.0. The van der Waals surface area contributed by atoms with Gasteiger partial charge in [-0.2, -0.15) is 0 Å². The van der Waals surface area contributed by atoms with Crippen LogP contribution in [0.4, 0.5) is 22.7 Å². The second-order valence-electron chi connectivity index (χ2n) is 22.8. The molecule has 1 saturated carbocycles. The second kappa shape index (κ2) is 14.6. The Bertz CT molecular complexity index is 3100. The highest BCUT2D eigenvalue weighted by Gasteiger charge is 2.62. The van der Waals surface area contributed by atoms with Crippen LogP contribution < -0.4 is 20.6 Å². The monoisotopic (exact) mass is 871 g/mol. The number of aryl methyl sites for hydroxylation is 3. The van der Waals surface area contributed by atoms with Crippen LogP contribution in [-0.4, -0.2) is 12.4 Å². The van der Waals surface area contributed by atoms with Gasteiger partial charge in [0.05, 0.1) is 5.54 Å². The molecule has 4 heterocycles. The quantitative estimate of drug-likeness (QED) is 0.140. The number of unbranched alkanes of at least 4 members (excludes halogenated alkanes) is 2. The first-order valence-electron chi connectivity index (χ1n) is 25.4. The highest BCUT2D eigenvalue weighted by Crippen LogP contribution is 2.63. The van der Waals surface area contributed by atoms with Crippen molar-refractivity contribution in [1.82, 2.24) is 0 Å². The highest BCUT2D eigenvalue weighted by atomic mass is 32.1. The number of hydrogen-bond donors (Lipinski definition) is 0. The fraction of sp³-hybridized carbons (Fsp3) is 0.410. The van der Waals surface area contributed by atoms with Crippen molar-refractivity contribution in [1.29, 1.82) is 0 Å². The van der Waals surface area contributed by atoms with E-state index >= 15 is 0 Å². The third kappa shape index (κ3) is 5.90. The molecule has 0 spiro atoms. The van der Waals surface area contributed by atoms with E-state index in [9.17, 15) is 0 Å². The van der Waals surface area contributed by atoms with Crippen LogP contribution in [0.15, 0.2) is 97.1 Å². The molecule has 0 amide bonds. The number of hydrogen-bond acceptors (Lipinski definition) is 3. The van der Waals surface area contributed by atoms with Gasteiger partial charge in [0, 0.05) is 59.5 Å². The van der Waals surface area contributed by atoms with E-state index < -0.39 is 0 Å². The largest absolute Gasteiger partial charge is 0.376 e. The van der Waals surface area contributed by atoms with Crippen LogP contribution >= 0.6 is 11.3 Å². The van der Waals surface area contributed by atoms with E-state index in [1.807, 2.05) is 11.3 Å². The molecule has 330 valence electrons. The fourth-order valence-corrected chi connectivity index (χ4v) is 15.0. The van der Waals surface area contributed by atoms with Crippen LogP contribution in [0.3, 0.4) is 0 Å². The number of benzene rings is 6. The maximum atomic E-state index is 2.92. The minimum absolute atomic E-state index is 0.00439. The Labute approximate surface area is 393 Å². The SMILES string of the molecule is CCCCc1ccc(N2B3c4cc(CCCC)cc5c4N(c4cc(C)cc(c43)-c3cc4sc6cc7c(cc6c4cc32)C(C)(C)CCC7(C)C)C2(C)CCCCC52C)c(-c2ccccc2)c1. The van der Waals surface area contributed by atoms with Crippen molar-refractivity contribution in [3.63, 3.8) is 0 Å². The predicted molar refractivity (Wildman–Crippen MR) is 284 cm³/mol. The summed E-state index contributed by atoms with van der Waals surface area (Å²) in [5.41, 5.74) is 23.4. The van der Waals surface area contributed by atoms with Crippen molar-refractivity contribution in [2.24, 2.45) is 0 Å². The van der Waals surface area contributed by atoms with Gasteiger partial charge in [0.1, 0.15) is 0 Å². The molecule has 0 N–H and O–H groups in total. The van der Waals surface area contributed by atoms with E-state index in [2.05, 4.69) is 169 Å². The maximum absolute atomic E-state index is 2.92. The van der Waals surface area contributed by atoms with Gasteiger partial charge in [0.15, 0.2) is 0 Å². The highest BCUT2D eigenvalue weighted by molar-refractivity contribution is 7.25. The smallest absolute Gasteiger partial charge is 0.333 e. The first kappa shape index (κ1) is 41.6. The Morgan fingerprint density at radius 2 is 1.28 bits per heavy atom. The zero-order valence-corrected chi connectivity index (χ0v) is 41.4. The Morgan fingerprint density at radius 3 is 2.03 bits per heavy atom. The van der Waals surface area contributed by atoms with E-state index in [0.29, 0.717) is 0 Å². The van der Waals surface area contributed by atoms with Gasteiger partial charge in [-0.25, -0.2) is 0 Å². The molecular weight excluding hydrogens is 804 g/mol.